The Morgan fingerprint density at radius 2 is 1.74 bits per heavy atom. The molecule has 2 aliphatic heterocycles. The number of amides is 3. The lowest BCUT2D eigenvalue weighted by Crippen LogP contribution is -2.41. The highest BCUT2D eigenvalue weighted by Crippen LogP contribution is 2.22. The van der Waals surface area contributed by atoms with Crippen LogP contribution in [0.3, 0.4) is 0 Å². The van der Waals surface area contributed by atoms with Crippen LogP contribution in [-0.4, -0.2) is 60.8 Å². The third kappa shape index (κ3) is 5.94. The molecule has 7 heteroatoms. The maximum Gasteiger partial charge on any atom is 0.319 e. The SMILES string of the molecule is O=C(NCC(O)CN1CCCCCC1)Nc1ccc(N2CCCC2=O)cc1. The number of nitrogens with zero attached hydrogens (tertiary/aromatic N) is 2. The Balaban J connectivity index is 1.40. The van der Waals surface area contributed by atoms with Crippen LogP contribution in [0.1, 0.15) is 38.5 Å². The van der Waals surface area contributed by atoms with Gasteiger partial charge in [-0.05, 0) is 56.6 Å². The summed E-state index contributed by atoms with van der Waals surface area (Å²) in [4.78, 5) is 27.9. The van der Waals surface area contributed by atoms with Crippen molar-refractivity contribution in [1.29, 1.82) is 0 Å². The second kappa shape index (κ2) is 9.71. The zero-order valence-corrected chi connectivity index (χ0v) is 15.8. The van der Waals surface area contributed by atoms with Gasteiger partial charge in [-0.15, -0.1) is 0 Å². The summed E-state index contributed by atoms with van der Waals surface area (Å²) in [6, 6.07) is 6.91. The summed E-state index contributed by atoms with van der Waals surface area (Å²) < 4.78 is 0. The van der Waals surface area contributed by atoms with E-state index in [1.807, 2.05) is 12.1 Å². The predicted molar refractivity (Wildman–Crippen MR) is 106 cm³/mol. The monoisotopic (exact) mass is 374 g/mol. The minimum atomic E-state index is -0.572. The number of aliphatic hydroxyl groups excluding tert-OH is 1. The number of β-amino-alcohol motifs (C(OH)–C–C–N with tert-alkyl or cyclic N) is 1. The fourth-order valence-corrected chi connectivity index (χ4v) is 3.71. The standard InChI is InChI=1S/C20H30N4O3/c25-18(15-23-11-3-1-2-4-12-23)14-21-20(27)22-16-7-9-17(10-8-16)24-13-5-6-19(24)26/h7-10,18,25H,1-6,11-15H2,(H2,21,22,27). The van der Waals surface area contributed by atoms with Gasteiger partial charge >= 0.3 is 6.03 Å². The average molecular weight is 374 g/mol. The van der Waals surface area contributed by atoms with E-state index in [-0.39, 0.29) is 18.5 Å². The van der Waals surface area contributed by atoms with Crippen LogP contribution in [0.15, 0.2) is 24.3 Å². The first kappa shape index (κ1) is 19.6. The lowest BCUT2D eigenvalue weighted by Gasteiger charge is -2.23. The normalized spacial score (nSPS) is 19.6. The highest BCUT2D eigenvalue weighted by atomic mass is 16.3. The molecule has 2 saturated heterocycles. The molecule has 2 heterocycles. The van der Waals surface area contributed by atoms with E-state index < -0.39 is 6.10 Å². The van der Waals surface area contributed by atoms with Crippen molar-refractivity contribution >= 4 is 23.3 Å². The van der Waals surface area contributed by atoms with Crippen molar-refractivity contribution in [1.82, 2.24) is 10.2 Å². The molecule has 0 aliphatic carbocycles. The zero-order chi connectivity index (χ0) is 19.1. The molecule has 3 N–H and O–H groups in total. The quantitative estimate of drug-likeness (QED) is 0.712. The molecule has 0 saturated carbocycles. The molecule has 2 aliphatic rings. The molecule has 3 amide bonds. The van der Waals surface area contributed by atoms with E-state index in [9.17, 15) is 14.7 Å². The van der Waals surface area contributed by atoms with Crippen molar-refractivity contribution in [3.8, 4) is 0 Å². The van der Waals surface area contributed by atoms with Gasteiger partial charge in [0.2, 0.25) is 5.91 Å². The number of rotatable bonds is 6. The molecule has 1 atom stereocenters. The first-order valence-corrected chi connectivity index (χ1v) is 9.97. The summed E-state index contributed by atoms with van der Waals surface area (Å²) in [5.74, 6) is 0.145. The van der Waals surface area contributed by atoms with Crippen molar-refractivity contribution in [3.63, 3.8) is 0 Å². The number of carbonyl (C=O) groups excluding carboxylic acids is 2. The number of anilines is 2. The van der Waals surface area contributed by atoms with Crippen molar-refractivity contribution in [3.05, 3.63) is 24.3 Å². The fraction of sp³-hybridized carbons (Fsp3) is 0.600. The molecule has 1 aromatic carbocycles. The smallest absolute Gasteiger partial charge is 0.319 e. The van der Waals surface area contributed by atoms with Gasteiger partial charge in [-0.2, -0.15) is 0 Å². The maximum atomic E-state index is 12.0. The number of nitrogens with one attached hydrogen (secondary N) is 2. The molecular formula is C20H30N4O3. The summed E-state index contributed by atoms with van der Waals surface area (Å²) >= 11 is 0. The summed E-state index contributed by atoms with van der Waals surface area (Å²) in [6.45, 7) is 3.62. The second-order valence-corrected chi connectivity index (χ2v) is 7.40. The minimum Gasteiger partial charge on any atom is -0.390 e. The van der Waals surface area contributed by atoms with Crippen LogP contribution in [0.5, 0.6) is 0 Å². The summed E-state index contributed by atoms with van der Waals surface area (Å²) in [7, 11) is 0. The van der Waals surface area contributed by atoms with Gasteiger partial charge in [0.1, 0.15) is 0 Å². The number of likely N-dealkylation sites (tertiary alicyclic amines) is 1. The molecule has 148 valence electrons. The second-order valence-electron chi connectivity index (χ2n) is 7.40. The zero-order valence-electron chi connectivity index (χ0n) is 15.8. The lowest BCUT2D eigenvalue weighted by molar-refractivity contribution is -0.117. The van der Waals surface area contributed by atoms with E-state index in [2.05, 4.69) is 15.5 Å². The summed E-state index contributed by atoms with van der Waals surface area (Å²) in [5.41, 5.74) is 1.52. The van der Waals surface area contributed by atoms with Crippen LogP contribution in [0, 0.1) is 0 Å². The van der Waals surface area contributed by atoms with E-state index >= 15 is 0 Å². The predicted octanol–water partition coefficient (Wildman–Crippen LogP) is 2.17. The van der Waals surface area contributed by atoms with Crippen LogP contribution in [0.4, 0.5) is 16.2 Å². The van der Waals surface area contributed by atoms with Crippen LogP contribution in [-0.2, 0) is 4.79 Å². The van der Waals surface area contributed by atoms with Gasteiger partial charge in [0.05, 0.1) is 6.10 Å². The average Bonchev–Trinajstić information content (AvgIpc) is 2.92. The highest BCUT2D eigenvalue weighted by Gasteiger charge is 2.21. The van der Waals surface area contributed by atoms with Crippen molar-refractivity contribution in [2.24, 2.45) is 0 Å². The van der Waals surface area contributed by atoms with Gasteiger partial charge in [0.15, 0.2) is 0 Å². The largest absolute Gasteiger partial charge is 0.390 e. The first-order valence-electron chi connectivity index (χ1n) is 9.97. The van der Waals surface area contributed by atoms with E-state index in [1.165, 1.54) is 25.7 Å². The first-order chi connectivity index (χ1) is 13.1. The third-order valence-corrected chi connectivity index (χ3v) is 5.18. The van der Waals surface area contributed by atoms with E-state index in [0.29, 0.717) is 18.7 Å². The maximum absolute atomic E-state index is 12.0. The van der Waals surface area contributed by atoms with Crippen molar-refractivity contribution in [2.45, 2.75) is 44.6 Å². The topological polar surface area (TPSA) is 84.9 Å². The van der Waals surface area contributed by atoms with Crippen molar-refractivity contribution < 1.29 is 14.7 Å². The molecular weight excluding hydrogens is 344 g/mol. The molecule has 0 bridgehead atoms. The van der Waals surface area contributed by atoms with Gasteiger partial charge in [-0.3, -0.25) is 4.79 Å². The van der Waals surface area contributed by atoms with Gasteiger partial charge in [-0.25, -0.2) is 4.79 Å². The Labute approximate surface area is 160 Å². The molecule has 0 radical (unpaired) electrons. The van der Waals surface area contributed by atoms with Gasteiger partial charge in [-0.1, -0.05) is 12.8 Å². The van der Waals surface area contributed by atoms with Gasteiger partial charge < -0.3 is 25.5 Å². The molecule has 27 heavy (non-hydrogen) atoms. The lowest BCUT2D eigenvalue weighted by atomic mass is 10.2. The minimum absolute atomic E-state index is 0.145. The Hall–Kier alpha value is -2.12. The van der Waals surface area contributed by atoms with Gasteiger partial charge in [0.25, 0.3) is 0 Å². The Bertz CT molecular complexity index is 627. The molecule has 2 fully saturated rings. The Morgan fingerprint density at radius 3 is 2.37 bits per heavy atom. The fourth-order valence-electron chi connectivity index (χ4n) is 3.71. The van der Waals surface area contributed by atoms with Crippen LogP contribution in [0.25, 0.3) is 0 Å². The van der Waals surface area contributed by atoms with Crippen LogP contribution >= 0.6 is 0 Å². The highest BCUT2D eigenvalue weighted by molar-refractivity contribution is 5.96. The summed E-state index contributed by atoms with van der Waals surface area (Å²) in [6.07, 6.45) is 5.80. The van der Waals surface area contributed by atoms with Crippen LogP contribution in [0.2, 0.25) is 0 Å². The molecule has 7 nitrogen and oxygen atoms in total. The number of carbonyl (C=O) groups is 2. The molecule has 0 spiro atoms. The Morgan fingerprint density at radius 1 is 1.04 bits per heavy atom. The van der Waals surface area contributed by atoms with E-state index in [4.69, 9.17) is 0 Å². The van der Waals surface area contributed by atoms with Gasteiger partial charge in [0, 0.05) is 37.4 Å². The molecule has 1 unspecified atom stereocenters. The summed E-state index contributed by atoms with van der Waals surface area (Å²) in [5, 5.41) is 15.7. The van der Waals surface area contributed by atoms with Crippen LogP contribution < -0.4 is 15.5 Å². The Kier molecular flexibility index (Phi) is 7.06. The molecule has 1 aromatic rings. The third-order valence-electron chi connectivity index (χ3n) is 5.18. The number of aliphatic hydroxyl groups is 1. The number of urea groups is 1. The number of benzene rings is 1. The molecule has 0 aromatic heterocycles. The van der Waals surface area contributed by atoms with E-state index in [1.54, 1.807) is 17.0 Å². The molecule has 3 rings (SSSR count). The van der Waals surface area contributed by atoms with E-state index in [0.717, 1.165) is 31.7 Å². The number of hydrogen-bond donors (Lipinski definition) is 3. The van der Waals surface area contributed by atoms with Crippen molar-refractivity contribution in [2.75, 3.05) is 42.9 Å². The number of hydrogen-bond acceptors (Lipinski definition) is 4.